The first kappa shape index (κ1) is 13.7. The molecule has 1 N–H and O–H groups in total. The Morgan fingerprint density at radius 1 is 1.27 bits per heavy atom. The lowest BCUT2D eigenvalue weighted by molar-refractivity contribution is 0.0472. The van der Waals surface area contributed by atoms with Crippen LogP contribution in [0, 0.1) is 11.3 Å². The van der Waals surface area contributed by atoms with E-state index in [-0.39, 0.29) is 17.9 Å². The van der Waals surface area contributed by atoms with E-state index in [4.69, 9.17) is 4.74 Å². The van der Waals surface area contributed by atoms with Crippen molar-refractivity contribution in [1.29, 1.82) is 5.26 Å². The quantitative estimate of drug-likeness (QED) is 0.753. The molecule has 22 heavy (non-hydrogen) atoms. The fourth-order valence-corrected chi connectivity index (χ4v) is 2.28. The summed E-state index contributed by atoms with van der Waals surface area (Å²) in [6.45, 7) is -0.000930. The van der Waals surface area contributed by atoms with E-state index in [0.29, 0.717) is 11.1 Å². The Labute approximate surface area is 126 Å². The first-order chi connectivity index (χ1) is 10.7. The highest BCUT2D eigenvalue weighted by Gasteiger charge is 2.13. The zero-order valence-electron chi connectivity index (χ0n) is 11.6. The molecular formula is C17H12N2O3. The standard InChI is InChI=1S/C17H12N2O3/c18-9-15-13(10-19-7-2-1-6-16(15)19)11-22-17(21)12-4-3-5-14(20)8-12/h1-8,10,20H,11H2. The molecule has 108 valence electrons. The van der Waals surface area contributed by atoms with Gasteiger partial charge in [0, 0.05) is 18.0 Å². The Hall–Kier alpha value is -3.26. The highest BCUT2D eigenvalue weighted by atomic mass is 16.5. The van der Waals surface area contributed by atoms with Crippen LogP contribution in [0.15, 0.2) is 54.9 Å². The second kappa shape index (κ2) is 5.62. The van der Waals surface area contributed by atoms with Crippen molar-refractivity contribution in [2.45, 2.75) is 6.61 Å². The van der Waals surface area contributed by atoms with Gasteiger partial charge in [-0.1, -0.05) is 12.1 Å². The molecule has 0 aliphatic rings. The number of rotatable bonds is 3. The molecule has 0 saturated heterocycles. The summed E-state index contributed by atoms with van der Waals surface area (Å²) >= 11 is 0. The Bertz CT molecular complexity index is 890. The molecule has 0 spiro atoms. The minimum atomic E-state index is -0.546. The van der Waals surface area contributed by atoms with Gasteiger partial charge < -0.3 is 14.2 Å². The summed E-state index contributed by atoms with van der Waals surface area (Å²) in [5.41, 5.74) is 2.17. The molecule has 3 rings (SSSR count). The summed E-state index contributed by atoms with van der Waals surface area (Å²) in [6, 6.07) is 13.6. The summed E-state index contributed by atoms with van der Waals surface area (Å²) in [7, 11) is 0. The highest BCUT2D eigenvalue weighted by molar-refractivity contribution is 5.89. The fourth-order valence-electron chi connectivity index (χ4n) is 2.28. The van der Waals surface area contributed by atoms with Crippen LogP contribution in [0.25, 0.3) is 5.52 Å². The van der Waals surface area contributed by atoms with Crippen LogP contribution in [0.3, 0.4) is 0 Å². The largest absolute Gasteiger partial charge is 0.508 e. The summed E-state index contributed by atoms with van der Waals surface area (Å²) < 4.78 is 7.04. The Morgan fingerprint density at radius 3 is 2.91 bits per heavy atom. The van der Waals surface area contributed by atoms with E-state index in [1.807, 2.05) is 28.8 Å². The third-order valence-electron chi connectivity index (χ3n) is 3.31. The first-order valence-electron chi connectivity index (χ1n) is 6.64. The summed E-state index contributed by atoms with van der Waals surface area (Å²) in [5, 5.41) is 18.7. The zero-order chi connectivity index (χ0) is 15.5. The van der Waals surface area contributed by atoms with Crippen molar-refractivity contribution in [3.05, 3.63) is 71.5 Å². The molecule has 0 fully saturated rings. The molecule has 5 nitrogen and oxygen atoms in total. The predicted molar refractivity (Wildman–Crippen MR) is 79.3 cm³/mol. The first-order valence-corrected chi connectivity index (χ1v) is 6.64. The van der Waals surface area contributed by atoms with Crippen LogP contribution in [0.5, 0.6) is 5.75 Å². The van der Waals surface area contributed by atoms with Crippen LogP contribution in [0.4, 0.5) is 0 Å². The Kier molecular flexibility index (Phi) is 3.50. The van der Waals surface area contributed by atoms with Gasteiger partial charge in [0.1, 0.15) is 18.4 Å². The lowest BCUT2D eigenvalue weighted by Gasteiger charge is -2.04. The van der Waals surface area contributed by atoms with Gasteiger partial charge in [-0.05, 0) is 30.3 Å². The highest BCUT2D eigenvalue weighted by Crippen LogP contribution is 2.19. The topological polar surface area (TPSA) is 74.7 Å². The van der Waals surface area contributed by atoms with Crippen LogP contribution in [0.1, 0.15) is 21.5 Å². The van der Waals surface area contributed by atoms with Crippen molar-refractivity contribution in [2.24, 2.45) is 0 Å². The lowest BCUT2D eigenvalue weighted by Crippen LogP contribution is -2.05. The summed E-state index contributed by atoms with van der Waals surface area (Å²) in [5.74, 6) is -0.545. The van der Waals surface area contributed by atoms with Crippen LogP contribution < -0.4 is 0 Å². The van der Waals surface area contributed by atoms with Gasteiger partial charge in [0.25, 0.3) is 0 Å². The van der Waals surface area contributed by atoms with E-state index < -0.39 is 5.97 Å². The average Bonchev–Trinajstić information content (AvgIpc) is 2.90. The van der Waals surface area contributed by atoms with E-state index >= 15 is 0 Å². The van der Waals surface area contributed by atoms with Gasteiger partial charge in [0.15, 0.2) is 0 Å². The van der Waals surface area contributed by atoms with Crippen molar-refractivity contribution in [3.63, 3.8) is 0 Å². The number of nitriles is 1. The van der Waals surface area contributed by atoms with E-state index in [9.17, 15) is 15.2 Å². The van der Waals surface area contributed by atoms with Crippen molar-refractivity contribution < 1.29 is 14.6 Å². The number of hydrogen-bond donors (Lipinski definition) is 1. The molecule has 0 saturated carbocycles. The van der Waals surface area contributed by atoms with Gasteiger partial charge in [0.05, 0.1) is 16.6 Å². The number of aromatic hydroxyl groups is 1. The molecule has 0 aliphatic heterocycles. The van der Waals surface area contributed by atoms with Gasteiger partial charge in [-0.25, -0.2) is 4.79 Å². The van der Waals surface area contributed by atoms with E-state index in [2.05, 4.69) is 6.07 Å². The Balaban J connectivity index is 1.82. The molecule has 2 aromatic heterocycles. The maximum Gasteiger partial charge on any atom is 0.338 e. The molecule has 0 atom stereocenters. The monoisotopic (exact) mass is 292 g/mol. The van der Waals surface area contributed by atoms with Gasteiger partial charge in [-0.3, -0.25) is 0 Å². The predicted octanol–water partition coefficient (Wildman–Crippen LogP) is 2.87. The van der Waals surface area contributed by atoms with Crippen LogP contribution in [0.2, 0.25) is 0 Å². The van der Waals surface area contributed by atoms with Gasteiger partial charge >= 0.3 is 5.97 Å². The van der Waals surface area contributed by atoms with Crippen molar-refractivity contribution in [2.75, 3.05) is 0 Å². The number of hydrogen-bond acceptors (Lipinski definition) is 4. The van der Waals surface area contributed by atoms with Gasteiger partial charge in [-0.2, -0.15) is 5.26 Å². The number of fused-ring (bicyclic) bond motifs is 1. The van der Waals surface area contributed by atoms with Gasteiger partial charge in [0.2, 0.25) is 0 Å². The van der Waals surface area contributed by atoms with Crippen LogP contribution in [-0.4, -0.2) is 15.5 Å². The van der Waals surface area contributed by atoms with Crippen molar-refractivity contribution >= 4 is 11.5 Å². The fraction of sp³-hybridized carbons (Fsp3) is 0.0588. The SMILES string of the molecule is N#Cc1c(COC(=O)c2cccc(O)c2)cn2ccccc12. The molecule has 0 radical (unpaired) electrons. The van der Waals surface area contributed by atoms with E-state index in [1.54, 1.807) is 18.3 Å². The summed E-state index contributed by atoms with van der Waals surface area (Å²) in [6.07, 6.45) is 3.60. The third kappa shape index (κ3) is 2.50. The zero-order valence-corrected chi connectivity index (χ0v) is 11.6. The molecule has 3 aromatic rings. The molecule has 0 unspecified atom stereocenters. The normalized spacial score (nSPS) is 10.3. The minimum absolute atomic E-state index is 0.000930. The molecule has 0 amide bonds. The number of carbonyl (C=O) groups excluding carboxylic acids is 1. The van der Waals surface area contributed by atoms with Crippen LogP contribution in [-0.2, 0) is 11.3 Å². The number of carbonyl (C=O) groups is 1. The minimum Gasteiger partial charge on any atom is -0.508 e. The maximum absolute atomic E-state index is 12.0. The second-order valence-electron chi connectivity index (χ2n) is 4.76. The number of ether oxygens (including phenoxy) is 1. The third-order valence-corrected chi connectivity index (χ3v) is 3.31. The second-order valence-corrected chi connectivity index (χ2v) is 4.76. The maximum atomic E-state index is 12.0. The van der Waals surface area contributed by atoms with E-state index in [1.165, 1.54) is 12.1 Å². The van der Waals surface area contributed by atoms with Gasteiger partial charge in [-0.15, -0.1) is 0 Å². The smallest absolute Gasteiger partial charge is 0.338 e. The van der Waals surface area contributed by atoms with Crippen LogP contribution >= 0.6 is 0 Å². The molecule has 0 bridgehead atoms. The molecule has 5 heteroatoms. The number of esters is 1. The van der Waals surface area contributed by atoms with E-state index in [0.717, 1.165) is 5.52 Å². The molecule has 1 aromatic carbocycles. The number of pyridine rings is 1. The number of nitrogens with zero attached hydrogens (tertiary/aromatic N) is 2. The number of benzene rings is 1. The molecule has 0 aliphatic carbocycles. The Morgan fingerprint density at radius 2 is 2.14 bits per heavy atom. The molecular weight excluding hydrogens is 280 g/mol. The molecule has 2 heterocycles. The summed E-state index contributed by atoms with van der Waals surface area (Å²) in [4.78, 5) is 12.0. The number of phenols is 1. The average molecular weight is 292 g/mol. The number of phenolic OH excluding ortho intramolecular Hbond substituents is 1. The van der Waals surface area contributed by atoms with Crippen molar-refractivity contribution in [3.8, 4) is 11.8 Å². The number of aromatic nitrogens is 1. The van der Waals surface area contributed by atoms with Crippen molar-refractivity contribution in [1.82, 2.24) is 4.40 Å². The lowest BCUT2D eigenvalue weighted by atomic mass is 10.2.